The molecule has 7 heteroatoms. The number of nitrogens with one attached hydrogen (secondary N) is 2. The fourth-order valence-corrected chi connectivity index (χ4v) is 4.70. The Hall–Kier alpha value is -2.57. The summed E-state index contributed by atoms with van der Waals surface area (Å²) in [7, 11) is 0. The molecule has 39 heavy (non-hydrogen) atoms. The second-order valence-corrected chi connectivity index (χ2v) is 11.9. The Morgan fingerprint density at radius 1 is 0.897 bits per heavy atom. The Bertz CT molecular complexity index is 889. The number of amides is 3. The zero-order valence-electron chi connectivity index (χ0n) is 26.1. The lowest BCUT2D eigenvalue weighted by molar-refractivity contribution is -0.143. The molecule has 222 valence electrons. The van der Waals surface area contributed by atoms with E-state index in [4.69, 9.17) is 4.74 Å². The monoisotopic (exact) mass is 545 g/mol. The van der Waals surface area contributed by atoms with Crippen LogP contribution in [0.3, 0.4) is 0 Å². The van der Waals surface area contributed by atoms with Crippen molar-refractivity contribution in [3.63, 3.8) is 0 Å². The highest BCUT2D eigenvalue weighted by molar-refractivity contribution is 5.92. The molecule has 3 amide bonds. The first kappa shape index (κ1) is 34.5. The highest BCUT2D eigenvalue weighted by atomic mass is 16.6. The third-order valence-electron chi connectivity index (χ3n) is 6.89. The van der Waals surface area contributed by atoms with E-state index in [0.717, 1.165) is 61.6 Å². The molecule has 0 spiro atoms. The van der Waals surface area contributed by atoms with Gasteiger partial charge < -0.3 is 20.3 Å². The molecule has 7 nitrogen and oxygen atoms in total. The van der Waals surface area contributed by atoms with Crippen molar-refractivity contribution in [2.24, 2.45) is 5.92 Å². The lowest BCUT2D eigenvalue weighted by Gasteiger charge is -2.36. The van der Waals surface area contributed by atoms with Gasteiger partial charge in [0.2, 0.25) is 11.8 Å². The van der Waals surface area contributed by atoms with Crippen LogP contribution in [0.4, 0.5) is 4.79 Å². The first-order valence-corrected chi connectivity index (χ1v) is 15.0. The van der Waals surface area contributed by atoms with Crippen LogP contribution in [-0.2, 0) is 14.3 Å². The zero-order valence-corrected chi connectivity index (χ0v) is 26.1. The van der Waals surface area contributed by atoms with Gasteiger partial charge in [-0.05, 0) is 58.9 Å². The number of unbranched alkanes of at least 4 members (excludes halogenated alkanes) is 5. The number of benzene rings is 1. The number of hydrogen-bond donors (Lipinski definition) is 2. The fraction of sp³-hybridized carbons (Fsp3) is 0.719. The van der Waals surface area contributed by atoms with Crippen LogP contribution in [0.2, 0.25) is 0 Å². The summed E-state index contributed by atoms with van der Waals surface area (Å²) < 4.78 is 5.51. The molecule has 0 heterocycles. The van der Waals surface area contributed by atoms with Gasteiger partial charge in [0.25, 0.3) is 0 Å². The van der Waals surface area contributed by atoms with Crippen LogP contribution in [-0.4, -0.2) is 47.5 Å². The number of nitrogens with zero attached hydrogens (tertiary/aromatic N) is 1. The number of hydrogen-bond acceptors (Lipinski definition) is 4. The van der Waals surface area contributed by atoms with E-state index >= 15 is 0 Å². The smallest absolute Gasteiger partial charge is 0.408 e. The molecule has 1 aromatic rings. The number of alkyl carbamates (subject to hydrolysis) is 1. The molecule has 3 atom stereocenters. The average molecular weight is 546 g/mol. The number of carbonyl (C=O) groups is 3. The van der Waals surface area contributed by atoms with Gasteiger partial charge >= 0.3 is 6.09 Å². The minimum atomic E-state index is -0.808. The molecule has 0 fully saturated rings. The molecule has 0 bridgehead atoms. The fourth-order valence-electron chi connectivity index (χ4n) is 4.70. The maximum atomic E-state index is 14.3. The normalized spacial score (nSPS) is 13.8. The van der Waals surface area contributed by atoms with E-state index in [9.17, 15) is 14.4 Å². The minimum Gasteiger partial charge on any atom is -0.444 e. The van der Waals surface area contributed by atoms with Crippen molar-refractivity contribution in [3.8, 4) is 0 Å². The molecule has 0 saturated carbocycles. The summed E-state index contributed by atoms with van der Waals surface area (Å²) in [5, 5.41) is 5.95. The summed E-state index contributed by atoms with van der Waals surface area (Å²) in [6.45, 7) is 18.6. The van der Waals surface area contributed by atoms with Crippen molar-refractivity contribution >= 4 is 17.9 Å². The van der Waals surface area contributed by atoms with Gasteiger partial charge in [0.1, 0.15) is 17.7 Å². The van der Waals surface area contributed by atoms with Crippen LogP contribution in [0.25, 0.3) is 0 Å². The van der Waals surface area contributed by atoms with Crippen LogP contribution < -0.4 is 10.6 Å². The molecule has 2 N–H and O–H groups in total. The van der Waals surface area contributed by atoms with E-state index in [-0.39, 0.29) is 17.7 Å². The van der Waals surface area contributed by atoms with Crippen molar-refractivity contribution < 1.29 is 19.1 Å². The lowest BCUT2D eigenvalue weighted by atomic mass is 9.94. The average Bonchev–Trinajstić information content (AvgIpc) is 2.84. The molecule has 1 rings (SSSR count). The number of ether oxygens (including phenoxy) is 1. The predicted molar refractivity (Wildman–Crippen MR) is 160 cm³/mol. The standard InChI is InChI=1S/C32H55N3O4/c1-10-13-15-17-19-35(30(37)27(25(6)12-3)34-31(38)39-32(7,8)9)28(29(36)33-18-16-14-11-2)26-21-23(4)20-24(5)22-26/h20-22,25,27-28H,10-19H2,1-9H3,(H,33,36)(H,34,38). The largest absolute Gasteiger partial charge is 0.444 e. The van der Waals surface area contributed by atoms with Gasteiger partial charge in [-0.1, -0.05) is 95.5 Å². The van der Waals surface area contributed by atoms with Crippen LogP contribution in [0, 0.1) is 19.8 Å². The van der Waals surface area contributed by atoms with Crippen molar-refractivity contribution in [2.45, 2.75) is 131 Å². The molecule has 0 aliphatic rings. The first-order valence-electron chi connectivity index (χ1n) is 15.0. The maximum absolute atomic E-state index is 14.3. The number of rotatable bonds is 16. The summed E-state index contributed by atoms with van der Waals surface area (Å²) in [6.07, 6.45) is 6.92. The van der Waals surface area contributed by atoms with E-state index < -0.39 is 23.8 Å². The molecule has 0 radical (unpaired) electrons. The van der Waals surface area contributed by atoms with E-state index in [2.05, 4.69) is 30.5 Å². The highest BCUT2D eigenvalue weighted by Gasteiger charge is 2.38. The Morgan fingerprint density at radius 3 is 2.03 bits per heavy atom. The topological polar surface area (TPSA) is 87.7 Å². The molecular weight excluding hydrogens is 490 g/mol. The van der Waals surface area contributed by atoms with E-state index in [1.807, 2.05) is 39.8 Å². The van der Waals surface area contributed by atoms with Gasteiger partial charge in [0.05, 0.1) is 0 Å². The second-order valence-electron chi connectivity index (χ2n) is 11.9. The molecule has 1 aromatic carbocycles. The van der Waals surface area contributed by atoms with Gasteiger partial charge in [0.15, 0.2) is 0 Å². The first-order chi connectivity index (χ1) is 18.3. The van der Waals surface area contributed by atoms with E-state index in [0.29, 0.717) is 19.5 Å². The molecule has 0 saturated heterocycles. The van der Waals surface area contributed by atoms with E-state index in [1.165, 1.54) is 0 Å². The highest BCUT2D eigenvalue weighted by Crippen LogP contribution is 2.27. The Labute approximate surface area is 237 Å². The van der Waals surface area contributed by atoms with Gasteiger partial charge in [0, 0.05) is 13.1 Å². The van der Waals surface area contributed by atoms with Gasteiger partial charge in [-0.3, -0.25) is 9.59 Å². The van der Waals surface area contributed by atoms with Gasteiger partial charge in [-0.2, -0.15) is 0 Å². The SMILES string of the molecule is CCCCCCN(C(=O)C(NC(=O)OC(C)(C)C)C(C)CC)C(C(=O)NCCCCC)c1cc(C)cc(C)c1. The van der Waals surface area contributed by atoms with Crippen molar-refractivity contribution in [1.29, 1.82) is 0 Å². The van der Waals surface area contributed by atoms with Gasteiger partial charge in [-0.15, -0.1) is 0 Å². The molecule has 0 aromatic heterocycles. The lowest BCUT2D eigenvalue weighted by Crippen LogP contribution is -2.55. The minimum absolute atomic E-state index is 0.143. The predicted octanol–water partition coefficient (Wildman–Crippen LogP) is 7.00. The van der Waals surface area contributed by atoms with Crippen LogP contribution in [0.1, 0.15) is 123 Å². The summed E-state index contributed by atoms with van der Waals surface area (Å²) in [5.41, 5.74) is 2.19. The van der Waals surface area contributed by atoms with Crippen LogP contribution in [0.15, 0.2) is 18.2 Å². The zero-order chi connectivity index (χ0) is 29.6. The Balaban J connectivity index is 3.52. The van der Waals surface area contributed by atoms with Crippen molar-refractivity contribution in [2.75, 3.05) is 13.1 Å². The molecule has 3 unspecified atom stereocenters. The third kappa shape index (κ3) is 12.4. The molecule has 0 aliphatic carbocycles. The summed E-state index contributed by atoms with van der Waals surface area (Å²) >= 11 is 0. The van der Waals surface area contributed by atoms with Crippen molar-refractivity contribution in [3.05, 3.63) is 34.9 Å². The quantitative estimate of drug-likeness (QED) is 0.219. The summed E-state index contributed by atoms with van der Waals surface area (Å²) in [6, 6.07) is 4.47. The Kier molecular flexibility index (Phi) is 15.2. The number of carbonyl (C=O) groups excluding carboxylic acids is 3. The van der Waals surface area contributed by atoms with Crippen LogP contribution in [0.5, 0.6) is 0 Å². The van der Waals surface area contributed by atoms with Crippen molar-refractivity contribution in [1.82, 2.24) is 15.5 Å². The summed E-state index contributed by atoms with van der Waals surface area (Å²) in [5.74, 6) is -0.574. The van der Waals surface area contributed by atoms with Gasteiger partial charge in [-0.25, -0.2) is 4.79 Å². The maximum Gasteiger partial charge on any atom is 0.408 e. The number of aryl methyl sites for hydroxylation is 2. The second kappa shape index (κ2) is 17.2. The van der Waals surface area contributed by atoms with Crippen LogP contribution >= 0.6 is 0 Å². The third-order valence-corrected chi connectivity index (χ3v) is 6.89. The summed E-state index contributed by atoms with van der Waals surface area (Å²) in [4.78, 5) is 42.7. The molecule has 0 aliphatic heterocycles. The molecular formula is C32H55N3O4. The Morgan fingerprint density at radius 2 is 1.49 bits per heavy atom. The van der Waals surface area contributed by atoms with E-state index in [1.54, 1.807) is 25.7 Å².